The maximum atomic E-state index is 13.7. The summed E-state index contributed by atoms with van der Waals surface area (Å²) in [6.07, 6.45) is 2.84. The first-order chi connectivity index (χ1) is 13.9. The lowest BCUT2D eigenvalue weighted by Gasteiger charge is -2.29. The Morgan fingerprint density at radius 2 is 1.50 bits per heavy atom. The van der Waals surface area contributed by atoms with E-state index in [9.17, 15) is 21.6 Å². The van der Waals surface area contributed by atoms with E-state index in [1.54, 1.807) is 32.0 Å². The molecule has 1 amide bonds. The Balaban J connectivity index is 2.07. The van der Waals surface area contributed by atoms with Gasteiger partial charge in [-0.1, -0.05) is 31.0 Å². The van der Waals surface area contributed by atoms with Crippen molar-refractivity contribution in [2.75, 3.05) is 11.6 Å². The van der Waals surface area contributed by atoms with E-state index in [1.807, 2.05) is 13.0 Å². The zero-order valence-electron chi connectivity index (χ0n) is 17.7. The van der Waals surface area contributed by atoms with E-state index in [0.717, 1.165) is 11.8 Å². The van der Waals surface area contributed by atoms with Gasteiger partial charge in [0.15, 0.2) is 24.4 Å². The van der Waals surface area contributed by atoms with Crippen molar-refractivity contribution in [2.45, 2.75) is 61.0 Å². The van der Waals surface area contributed by atoms with Crippen LogP contribution >= 0.6 is 0 Å². The molecular weight excluding hydrogens is 422 g/mol. The number of carbonyl (C=O) groups is 1. The predicted octanol–water partition coefficient (Wildman–Crippen LogP) is 3.74. The van der Waals surface area contributed by atoms with Gasteiger partial charge >= 0.3 is 0 Å². The van der Waals surface area contributed by atoms with Crippen molar-refractivity contribution in [2.24, 2.45) is 0 Å². The van der Waals surface area contributed by atoms with Gasteiger partial charge in [0.1, 0.15) is 0 Å². The topological polar surface area (TPSA) is 97.4 Å². The molecule has 0 radical (unpaired) electrons. The van der Waals surface area contributed by atoms with Gasteiger partial charge in [-0.3, -0.25) is 4.79 Å². The highest BCUT2D eigenvalue weighted by Gasteiger charge is 2.53. The molecule has 1 N–H and O–H groups in total. The van der Waals surface area contributed by atoms with Gasteiger partial charge in [0, 0.05) is 11.9 Å². The molecule has 0 bridgehead atoms. The van der Waals surface area contributed by atoms with Crippen LogP contribution in [0.5, 0.6) is 0 Å². The summed E-state index contributed by atoms with van der Waals surface area (Å²) < 4.78 is 49.7. The largest absolute Gasteiger partial charge is 0.324 e. The maximum Gasteiger partial charge on any atom is 0.246 e. The number of hydrogen-bond donors (Lipinski definition) is 1. The highest BCUT2D eigenvalue weighted by atomic mass is 32.2. The van der Waals surface area contributed by atoms with Crippen LogP contribution in [0.1, 0.15) is 42.4 Å². The summed E-state index contributed by atoms with van der Waals surface area (Å²) in [4.78, 5) is 13.7. The zero-order chi connectivity index (χ0) is 22.3. The van der Waals surface area contributed by atoms with Crippen LogP contribution in [0, 0.1) is 20.8 Å². The average molecular weight is 450 g/mol. The Morgan fingerprint density at radius 3 is 2.10 bits per heavy atom. The second-order valence-corrected chi connectivity index (χ2v) is 12.4. The van der Waals surface area contributed by atoms with Crippen LogP contribution in [0.4, 0.5) is 5.69 Å². The third-order valence-corrected chi connectivity index (χ3v) is 9.61. The number of benzene rings is 2. The van der Waals surface area contributed by atoms with Crippen molar-refractivity contribution in [1.29, 1.82) is 0 Å². The lowest BCUT2D eigenvalue weighted by atomic mass is 10.1. The molecule has 6 nitrogen and oxygen atoms in total. The van der Waals surface area contributed by atoms with Crippen LogP contribution in [-0.4, -0.2) is 33.7 Å². The fourth-order valence-electron chi connectivity index (χ4n) is 3.97. The number of nitrogens with one attached hydrogen (secondary N) is 1. The minimum atomic E-state index is -3.95. The molecule has 0 heterocycles. The summed E-state index contributed by atoms with van der Waals surface area (Å²) in [5.74, 6) is -0.602. The van der Waals surface area contributed by atoms with Crippen molar-refractivity contribution in [1.82, 2.24) is 0 Å². The zero-order valence-corrected chi connectivity index (χ0v) is 19.3. The number of anilines is 1. The summed E-state index contributed by atoms with van der Waals surface area (Å²) in [6, 6.07) is 9.67. The highest BCUT2D eigenvalue weighted by Crippen LogP contribution is 2.42. The molecule has 30 heavy (non-hydrogen) atoms. The van der Waals surface area contributed by atoms with Crippen LogP contribution in [0.15, 0.2) is 46.2 Å². The van der Waals surface area contributed by atoms with Gasteiger partial charge in [0.25, 0.3) is 0 Å². The van der Waals surface area contributed by atoms with Gasteiger partial charge < -0.3 is 5.32 Å². The third kappa shape index (κ3) is 3.90. The number of carbonyl (C=O) groups excluding carboxylic acids is 1. The van der Waals surface area contributed by atoms with Crippen LogP contribution < -0.4 is 5.32 Å². The Kier molecular flexibility index (Phi) is 5.86. The normalized spacial score (nSPS) is 16.4. The molecule has 1 aliphatic carbocycles. The molecule has 0 atom stereocenters. The second kappa shape index (κ2) is 7.81. The van der Waals surface area contributed by atoms with Gasteiger partial charge in [-0.2, -0.15) is 0 Å². The van der Waals surface area contributed by atoms with E-state index in [0.29, 0.717) is 29.7 Å². The Morgan fingerprint density at radius 1 is 0.900 bits per heavy atom. The molecule has 2 aromatic carbocycles. The molecule has 0 aromatic heterocycles. The molecule has 1 fully saturated rings. The summed E-state index contributed by atoms with van der Waals surface area (Å²) in [6.45, 7) is 5.29. The molecule has 8 heteroatoms. The molecule has 0 aliphatic heterocycles. The number of rotatable bonds is 5. The SMILES string of the molecule is Cc1ccc(C)c(S(=O)(=O)C2(C(=O)Nc3cc(S(C)(=O)=O)ccc3C)CCCC2)c1. The lowest BCUT2D eigenvalue weighted by molar-refractivity contribution is -0.118. The van der Waals surface area contributed by atoms with Gasteiger partial charge in [-0.15, -0.1) is 0 Å². The smallest absolute Gasteiger partial charge is 0.246 e. The number of aryl methyl sites for hydroxylation is 3. The summed E-state index contributed by atoms with van der Waals surface area (Å²) in [7, 11) is -7.42. The van der Waals surface area contributed by atoms with Crippen molar-refractivity contribution in [3.8, 4) is 0 Å². The Hall–Kier alpha value is -2.19. The average Bonchev–Trinajstić information content (AvgIpc) is 3.16. The monoisotopic (exact) mass is 449 g/mol. The predicted molar refractivity (Wildman–Crippen MR) is 117 cm³/mol. The standard InChI is InChI=1S/C22H27NO5S2/c1-15-7-8-17(3)20(13-15)30(27,28)22(11-5-6-12-22)21(24)23-19-14-18(29(4,25)26)10-9-16(19)2/h7-10,13-14H,5-6,11-12H2,1-4H3,(H,23,24). The number of sulfone groups is 2. The highest BCUT2D eigenvalue weighted by molar-refractivity contribution is 7.93. The van der Waals surface area contributed by atoms with Crippen LogP contribution in [0.25, 0.3) is 0 Å². The van der Waals surface area contributed by atoms with Crippen molar-refractivity contribution < 1.29 is 21.6 Å². The molecule has 3 rings (SSSR count). The van der Waals surface area contributed by atoms with E-state index >= 15 is 0 Å². The van der Waals surface area contributed by atoms with E-state index in [2.05, 4.69) is 5.32 Å². The Labute approximate surface area is 178 Å². The van der Waals surface area contributed by atoms with Gasteiger partial charge in [0.2, 0.25) is 5.91 Å². The first-order valence-electron chi connectivity index (χ1n) is 9.82. The van der Waals surface area contributed by atoms with Gasteiger partial charge in [-0.25, -0.2) is 16.8 Å². The fourth-order valence-corrected chi connectivity index (χ4v) is 7.00. The summed E-state index contributed by atoms with van der Waals surface area (Å²) >= 11 is 0. The third-order valence-electron chi connectivity index (χ3n) is 5.86. The van der Waals surface area contributed by atoms with Gasteiger partial charge in [-0.05, 0) is 68.5 Å². The van der Waals surface area contributed by atoms with E-state index in [1.165, 1.54) is 12.1 Å². The lowest BCUT2D eigenvalue weighted by Crippen LogP contribution is -2.47. The van der Waals surface area contributed by atoms with E-state index in [4.69, 9.17) is 0 Å². The number of hydrogen-bond acceptors (Lipinski definition) is 5. The van der Waals surface area contributed by atoms with Gasteiger partial charge in [0.05, 0.1) is 9.79 Å². The minimum absolute atomic E-state index is 0.0706. The molecule has 0 saturated heterocycles. The molecule has 1 saturated carbocycles. The van der Waals surface area contributed by atoms with Crippen molar-refractivity contribution in [3.63, 3.8) is 0 Å². The quantitative estimate of drug-likeness (QED) is 0.750. The van der Waals surface area contributed by atoms with E-state index in [-0.39, 0.29) is 22.6 Å². The van der Waals surface area contributed by atoms with Crippen molar-refractivity contribution in [3.05, 3.63) is 53.1 Å². The molecular formula is C22H27NO5S2. The number of amides is 1. The molecule has 162 valence electrons. The summed E-state index contributed by atoms with van der Waals surface area (Å²) in [5, 5.41) is 2.73. The molecule has 1 aliphatic rings. The van der Waals surface area contributed by atoms with Crippen LogP contribution in [0.2, 0.25) is 0 Å². The summed E-state index contributed by atoms with van der Waals surface area (Å²) in [5.41, 5.74) is 2.39. The first kappa shape index (κ1) is 22.5. The fraction of sp³-hybridized carbons (Fsp3) is 0.409. The molecule has 0 spiro atoms. The molecule has 0 unspecified atom stereocenters. The minimum Gasteiger partial charge on any atom is -0.324 e. The Bertz CT molecular complexity index is 1210. The first-order valence-corrected chi connectivity index (χ1v) is 13.2. The molecule has 2 aromatic rings. The van der Waals surface area contributed by atoms with Crippen LogP contribution in [0.3, 0.4) is 0 Å². The van der Waals surface area contributed by atoms with Crippen molar-refractivity contribution >= 4 is 31.3 Å². The van der Waals surface area contributed by atoms with Crippen LogP contribution in [-0.2, 0) is 24.5 Å². The van der Waals surface area contributed by atoms with E-state index < -0.39 is 30.3 Å². The second-order valence-electron chi connectivity index (χ2n) is 8.18. The maximum absolute atomic E-state index is 13.7.